The average molecular weight is 562 g/mol. The van der Waals surface area contributed by atoms with Gasteiger partial charge in [-0.05, 0) is 128 Å². The highest BCUT2D eigenvalue weighted by molar-refractivity contribution is 6.51. The first kappa shape index (κ1) is 39.2. The Kier molecular flexibility index (Phi) is 17.7. The van der Waals surface area contributed by atoms with E-state index in [2.05, 4.69) is 39.7 Å². The second-order valence-corrected chi connectivity index (χ2v) is 12.9. The molecular weight excluding hydrogens is 504 g/mol. The van der Waals surface area contributed by atoms with Crippen LogP contribution in [0.15, 0.2) is 12.1 Å². The van der Waals surface area contributed by atoms with Gasteiger partial charge in [0.25, 0.3) is 0 Å². The zero-order valence-corrected chi connectivity index (χ0v) is 27.7. The van der Waals surface area contributed by atoms with Gasteiger partial charge in [-0.25, -0.2) is 0 Å². The molecular formula is C28H58B4N2O6. The Morgan fingerprint density at radius 1 is 0.775 bits per heavy atom. The SMILES string of the molecule is C#CCCCCN(C)B(C)O.CB(O)N(C)CCCC/C=C/B1OC(C)(C)C(C)(C)O1.CC1(C)OBOC1(C)C. The van der Waals surface area contributed by atoms with Crippen molar-refractivity contribution in [3.63, 3.8) is 0 Å². The molecule has 2 saturated heterocycles. The van der Waals surface area contributed by atoms with E-state index >= 15 is 0 Å². The van der Waals surface area contributed by atoms with Gasteiger partial charge >= 0.3 is 28.9 Å². The lowest BCUT2D eigenvalue weighted by Gasteiger charge is -2.32. The van der Waals surface area contributed by atoms with Crippen molar-refractivity contribution in [2.45, 2.75) is 130 Å². The van der Waals surface area contributed by atoms with E-state index in [9.17, 15) is 5.02 Å². The molecule has 12 heteroatoms. The molecule has 8 nitrogen and oxygen atoms in total. The van der Waals surface area contributed by atoms with Crippen molar-refractivity contribution in [3.05, 3.63) is 12.1 Å². The molecule has 0 atom stereocenters. The van der Waals surface area contributed by atoms with E-state index in [-0.39, 0.29) is 43.6 Å². The molecule has 0 spiro atoms. The van der Waals surface area contributed by atoms with Crippen LogP contribution in [0.1, 0.15) is 93.9 Å². The van der Waals surface area contributed by atoms with Gasteiger partial charge in [-0.2, -0.15) is 0 Å². The fraction of sp³-hybridized carbons (Fsp3) is 0.857. The van der Waals surface area contributed by atoms with Crippen molar-refractivity contribution >= 4 is 28.9 Å². The number of terminal acetylenes is 1. The molecule has 0 amide bonds. The quantitative estimate of drug-likeness (QED) is 0.210. The Labute approximate surface area is 248 Å². The minimum absolute atomic E-state index is 0.132. The summed E-state index contributed by atoms with van der Waals surface area (Å²) in [6, 6.07) is 0. The predicted molar refractivity (Wildman–Crippen MR) is 172 cm³/mol. The number of unbranched alkanes of at least 4 members (excludes halogenated alkanes) is 4. The third kappa shape index (κ3) is 14.4. The third-order valence-corrected chi connectivity index (χ3v) is 8.34. The number of rotatable bonds is 12. The van der Waals surface area contributed by atoms with Gasteiger partial charge in [0.2, 0.25) is 0 Å². The van der Waals surface area contributed by atoms with Crippen molar-refractivity contribution in [2.24, 2.45) is 0 Å². The molecule has 2 fully saturated rings. The van der Waals surface area contributed by atoms with E-state index in [4.69, 9.17) is 30.1 Å². The molecule has 40 heavy (non-hydrogen) atoms. The van der Waals surface area contributed by atoms with E-state index in [1.165, 1.54) is 0 Å². The van der Waals surface area contributed by atoms with Crippen molar-refractivity contribution in [2.75, 3.05) is 27.2 Å². The fourth-order valence-corrected chi connectivity index (χ4v) is 3.43. The summed E-state index contributed by atoms with van der Waals surface area (Å²) in [5.74, 6) is 4.60. The van der Waals surface area contributed by atoms with Gasteiger partial charge in [0.15, 0.2) is 0 Å². The Balaban J connectivity index is 0.000000638. The minimum atomic E-state index is -0.365. The number of nitrogens with zero attached hydrogens (tertiary/aromatic N) is 2. The first-order valence-electron chi connectivity index (χ1n) is 14.8. The van der Waals surface area contributed by atoms with Crippen molar-refractivity contribution in [1.82, 2.24) is 9.62 Å². The van der Waals surface area contributed by atoms with E-state index in [1.807, 2.05) is 57.4 Å². The normalized spacial score (nSPS) is 19.9. The molecule has 228 valence electrons. The lowest BCUT2D eigenvalue weighted by atomic mass is 9.85. The van der Waals surface area contributed by atoms with Crippen LogP contribution in [-0.2, 0) is 18.6 Å². The van der Waals surface area contributed by atoms with Crippen LogP contribution in [0, 0.1) is 12.3 Å². The molecule has 2 heterocycles. The molecule has 2 N–H and O–H groups in total. The fourth-order valence-electron chi connectivity index (χ4n) is 3.43. The van der Waals surface area contributed by atoms with Gasteiger partial charge in [0, 0.05) is 6.42 Å². The molecule has 2 aliphatic heterocycles. The summed E-state index contributed by atoms with van der Waals surface area (Å²) in [6.07, 6.45) is 13.4. The highest BCUT2D eigenvalue weighted by atomic mass is 16.7. The van der Waals surface area contributed by atoms with E-state index in [1.54, 1.807) is 13.6 Å². The first-order valence-corrected chi connectivity index (χ1v) is 14.8. The van der Waals surface area contributed by atoms with Crippen molar-refractivity contribution in [3.8, 4) is 12.3 Å². The van der Waals surface area contributed by atoms with Crippen LogP contribution >= 0.6 is 0 Å². The molecule has 0 aromatic carbocycles. The number of allylic oxidation sites excluding steroid dienone is 1. The van der Waals surface area contributed by atoms with Gasteiger partial charge in [0.05, 0.1) is 22.4 Å². The standard InChI is InChI=1S/C14H29B2NO3.C8H16BNO.C6H13BO2/c1-13(2)14(3,4)20-16(19-13)11-9-7-8-10-12-17(6)15(5)18;1-4-5-6-7-8-10(3)9(2)11;1-5(2)6(3,4)9-7-8-5/h9,11,18H,7-8,10,12H2,1-6H3;1,11H,5-8H2,2-3H3;7H,1-4H3/b11-9+;;. The molecule has 2 aliphatic rings. The highest BCUT2D eigenvalue weighted by Crippen LogP contribution is 2.37. The maximum Gasteiger partial charge on any atom is 0.486 e. The molecule has 2 rings (SSSR count). The largest absolute Gasteiger partial charge is 0.486 e. The van der Waals surface area contributed by atoms with Crippen LogP contribution < -0.4 is 0 Å². The van der Waals surface area contributed by atoms with Crippen molar-refractivity contribution in [1.29, 1.82) is 0 Å². The number of hydrogen-bond donors (Lipinski definition) is 2. The van der Waals surface area contributed by atoms with E-state index < -0.39 is 0 Å². The second-order valence-electron chi connectivity index (χ2n) is 12.9. The highest BCUT2D eigenvalue weighted by Gasteiger charge is 2.50. The van der Waals surface area contributed by atoms with E-state index in [0.29, 0.717) is 7.69 Å². The second kappa shape index (κ2) is 18.0. The van der Waals surface area contributed by atoms with Crippen LogP contribution in [0.4, 0.5) is 0 Å². The minimum Gasteiger partial charge on any atom is -0.437 e. The maximum atomic E-state index is 9.34. The summed E-state index contributed by atoms with van der Waals surface area (Å²) in [4.78, 5) is 3.84. The topological polar surface area (TPSA) is 83.9 Å². The lowest BCUT2D eigenvalue weighted by molar-refractivity contribution is 0.00578. The molecule has 0 unspecified atom stereocenters. The van der Waals surface area contributed by atoms with Crippen LogP contribution in [-0.4, -0.2) is 98.2 Å². The van der Waals surface area contributed by atoms with E-state index in [0.717, 1.165) is 51.6 Å². The molecule has 0 aliphatic carbocycles. The number of hydrogen-bond acceptors (Lipinski definition) is 8. The van der Waals surface area contributed by atoms with Gasteiger partial charge in [-0.15, -0.1) is 12.3 Å². The summed E-state index contributed by atoms with van der Waals surface area (Å²) in [5.41, 5.74) is -0.788. The molecule has 0 aromatic rings. The average Bonchev–Trinajstić information content (AvgIpc) is 3.20. The summed E-state index contributed by atoms with van der Waals surface area (Å²) in [5, 5.41) is 18.4. The zero-order chi connectivity index (χ0) is 31.2. The van der Waals surface area contributed by atoms with Crippen molar-refractivity contribution < 1.29 is 28.7 Å². The zero-order valence-electron chi connectivity index (χ0n) is 27.7. The van der Waals surface area contributed by atoms with Gasteiger partial charge in [-0.1, -0.05) is 12.1 Å². The summed E-state index contributed by atoms with van der Waals surface area (Å²) in [6.45, 7) is 21.8. The molecule has 0 aromatic heterocycles. The van der Waals surface area contributed by atoms with Crippen LogP contribution in [0.2, 0.25) is 13.6 Å². The van der Waals surface area contributed by atoms with Crippen LogP contribution in [0.3, 0.4) is 0 Å². The Bertz CT molecular complexity index is 742. The molecule has 0 saturated carbocycles. The smallest absolute Gasteiger partial charge is 0.437 e. The third-order valence-electron chi connectivity index (χ3n) is 8.34. The summed E-state index contributed by atoms with van der Waals surface area (Å²) in [7, 11) is 3.32. The molecule has 0 radical (unpaired) electrons. The first-order chi connectivity index (χ1) is 18.3. The predicted octanol–water partition coefficient (Wildman–Crippen LogP) is 4.08. The lowest BCUT2D eigenvalue weighted by Crippen LogP contribution is -2.41. The van der Waals surface area contributed by atoms with Gasteiger partial charge < -0.3 is 38.3 Å². The Hall–Kier alpha value is -0.760. The van der Waals surface area contributed by atoms with Gasteiger partial charge in [-0.3, -0.25) is 0 Å². The maximum absolute atomic E-state index is 9.34. The summed E-state index contributed by atoms with van der Waals surface area (Å²) < 4.78 is 22.4. The van der Waals surface area contributed by atoms with Crippen LogP contribution in [0.25, 0.3) is 0 Å². The van der Waals surface area contributed by atoms with Crippen LogP contribution in [0.5, 0.6) is 0 Å². The Morgan fingerprint density at radius 3 is 1.55 bits per heavy atom. The summed E-state index contributed by atoms with van der Waals surface area (Å²) >= 11 is 0. The van der Waals surface area contributed by atoms with Gasteiger partial charge in [0.1, 0.15) is 0 Å². The Morgan fingerprint density at radius 2 is 1.20 bits per heavy atom. The molecule has 0 bridgehead atoms. The monoisotopic (exact) mass is 562 g/mol.